The van der Waals surface area contributed by atoms with Crippen LogP contribution in [0.4, 0.5) is 0 Å². The van der Waals surface area contributed by atoms with E-state index in [9.17, 15) is 4.79 Å². The van der Waals surface area contributed by atoms with E-state index in [0.29, 0.717) is 12.6 Å². The van der Waals surface area contributed by atoms with Crippen LogP contribution < -0.4 is 0 Å². The van der Waals surface area contributed by atoms with E-state index in [4.69, 9.17) is 4.74 Å². The summed E-state index contributed by atoms with van der Waals surface area (Å²) in [6.07, 6.45) is 7.37. The molecule has 98 valence electrons. The first-order valence-corrected chi connectivity index (χ1v) is 6.54. The fraction of sp³-hybridized carbons (Fsp3) is 0.571. The molecular weight excluding hydrogens is 228 g/mol. The van der Waals surface area contributed by atoms with Gasteiger partial charge in [0, 0.05) is 31.9 Å². The first-order chi connectivity index (χ1) is 8.77. The fourth-order valence-corrected chi connectivity index (χ4v) is 2.52. The molecule has 4 nitrogen and oxygen atoms in total. The highest BCUT2D eigenvalue weighted by Gasteiger charge is 2.23. The number of hydrogen-bond donors (Lipinski definition) is 0. The summed E-state index contributed by atoms with van der Waals surface area (Å²) in [7, 11) is 0. The van der Waals surface area contributed by atoms with Gasteiger partial charge in [-0.2, -0.15) is 0 Å². The summed E-state index contributed by atoms with van der Waals surface area (Å²) < 4.78 is 5.03. The largest absolute Gasteiger partial charge is 0.465 e. The molecule has 0 spiro atoms. The molecule has 1 aliphatic rings. The zero-order valence-corrected chi connectivity index (χ0v) is 10.8. The Morgan fingerprint density at radius 2 is 2.44 bits per heavy atom. The van der Waals surface area contributed by atoms with Gasteiger partial charge < -0.3 is 4.74 Å². The summed E-state index contributed by atoms with van der Waals surface area (Å²) in [6.45, 7) is 3.81. The zero-order valence-electron chi connectivity index (χ0n) is 10.8. The van der Waals surface area contributed by atoms with Gasteiger partial charge in [0.2, 0.25) is 0 Å². The smallest absolute Gasteiger partial charge is 0.302 e. The van der Waals surface area contributed by atoms with Crippen LogP contribution in [0.5, 0.6) is 0 Å². The highest BCUT2D eigenvalue weighted by Crippen LogP contribution is 2.29. The molecule has 2 rings (SSSR count). The number of piperidine rings is 1. The van der Waals surface area contributed by atoms with Gasteiger partial charge in [0.15, 0.2) is 0 Å². The summed E-state index contributed by atoms with van der Waals surface area (Å²) in [5.74, 6) is -0.204. The lowest BCUT2D eigenvalue weighted by Crippen LogP contribution is -2.36. The van der Waals surface area contributed by atoms with Crippen molar-refractivity contribution >= 4 is 5.97 Å². The topological polar surface area (TPSA) is 42.4 Å². The number of likely N-dealkylation sites (tertiary alicyclic amines) is 1. The molecule has 0 amide bonds. The number of hydrogen-bond acceptors (Lipinski definition) is 4. The SMILES string of the molecule is CC(=O)OCCN1CCCC[C@H]1c1cccnc1. The van der Waals surface area contributed by atoms with Crippen molar-refractivity contribution in [3.05, 3.63) is 30.1 Å². The molecule has 1 aliphatic heterocycles. The second-order valence-electron chi connectivity index (χ2n) is 4.67. The molecule has 1 saturated heterocycles. The minimum absolute atomic E-state index is 0.204. The number of pyridine rings is 1. The normalized spacial score (nSPS) is 20.6. The van der Waals surface area contributed by atoms with Crippen molar-refractivity contribution in [1.29, 1.82) is 0 Å². The number of ether oxygens (including phenoxy) is 1. The molecule has 2 heterocycles. The lowest BCUT2D eigenvalue weighted by Gasteiger charge is -2.35. The molecule has 18 heavy (non-hydrogen) atoms. The van der Waals surface area contributed by atoms with E-state index >= 15 is 0 Å². The van der Waals surface area contributed by atoms with E-state index in [1.807, 2.05) is 12.3 Å². The molecule has 1 aromatic rings. The first kappa shape index (κ1) is 13.0. The van der Waals surface area contributed by atoms with Crippen LogP contribution in [0.3, 0.4) is 0 Å². The number of rotatable bonds is 4. The van der Waals surface area contributed by atoms with Gasteiger partial charge in [-0.25, -0.2) is 0 Å². The van der Waals surface area contributed by atoms with E-state index in [1.54, 1.807) is 6.20 Å². The summed E-state index contributed by atoms with van der Waals surface area (Å²) >= 11 is 0. The zero-order chi connectivity index (χ0) is 12.8. The quantitative estimate of drug-likeness (QED) is 0.766. The molecule has 0 bridgehead atoms. The summed E-state index contributed by atoms with van der Waals surface area (Å²) in [4.78, 5) is 17.4. The Morgan fingerprint density at radius 3 is 3.17 bits per heavy atom. The van der Waals surface area contributed by atoms with Crippen molar-refractivity contribution in [2.24, 2.45) is 0 Å². The van der Waals surface area contributed by atoms with Crippen LogP contribution in [-0.4, -0.2) is 35.5 Å². The average molecular weight is 248 g/mol. The molecular formula is C14H20N2O2. The molecule has 0 unspecified atom stereocenters. The van der Waals surface area contributed by atoms with Crippen molar-refractivity contribution < 1.29 is 9.53 Å². The van der Waals surface area contributed by atoms with Gasteiger partial charge >= 0.3 is 5.97 Å². The Kier molecular flexibility index (Phi) is 4.70. The Hall–Kier alpha value is -1.42. The molecule has 0 aliphatic carbocycles. The van der Waals surface area contributed by atoms with Gasteiger partial charge in [-0.05, 0) is 31.0 Å². The summed E-state index contributed by atoms with van der Waals surface area (Å²) in [5.41, 5.74) is 1.26. The lowest BCUT2D eigenvalue weighted by molar-refractivity contribution is -0.141. The average Bonchev–Trinajstić information content (AvgIpc) is 2.40. The van der Waals surface area contributed by atoms with Crippen LogP contribution in [0.1, 0.15) is 37.8 Å². The molecule has 1 atom stereocenters. The Labute approximate surface area is 108 Å². The maximum Gasteiger partial charge on any atom is 0.302 e. The van der Waals surface area contributed by atoms with Crippen LogP contribution >= 0.6 is 0 Å². The van der Waals surface area contributed by atoms with Crippen molar-refractivity contribution in [2.45, 2.75) is 32.2 Å². The third-order valence-corrected chi connectivity index (χ3v) is 3.37. The lowest BCUT2D eigenvalue weighted by atomic mass is 9.96. The Morgan fingerprint density at radius 1 is 1.56 bits per heavy atom. The van der Waals surface area contributed by atoms with Gasteiger partial charge in [-0.1, -0.05) is 12.5 Å². The van der Waals surface area contributed by atoms with Crippen LogP contribution in [0.15, 0.2) is 24.5 Å². The summed E-state index contributed by atoms with van der Waals surface area (Å²) in [5, 5.41) is 0. The molecule has 1 aromatic heterocycles. The van der Waals surface area contributed by atoms with Crippen LogP contribution in [0.2, 0.25) is 0 Å². The second-order valence-corrected chi connectivity index (χ2v) is 4.67. The van der Waals surface area contributed by atoms with Crippen LogP contribution in [-0.2, 0) is 9.53 Å². The molecule has 0 radical (unpaired) electrons. The van der Waals surface area contributed by atoms with Crippen molar-refractivity contribution in [1.82, 2.24) is 9.88 Å². The molecule has 0 saturated carbocycles. The minimum atomic E-state index is -0.204. The number of esters is 1. The monoisotopic (exact) mass is 248 g/mol. The standard InChI is InChI=1S/C14H20N2O2/c1-12(17)18-10-9-16-8-3-2-6-14(16)13-5-4-7-15-11-13/h4-5,7,11,14H,2-3,6,8-10H2,1H3/t14-/m0/s1. The van der Waals surface area contributed by atoms with Crippen LogP contribution in [0.25, 0.3) is 0 Å². The molecule has 1 fully saturated rings. The third kappa shape index (κ3) is 3.53. The van der Waals surface area contributed by atoms with E-state index < -0.39 is 0 Å². The Bertz CT molecular complexity index is 381. The van der Waals surface area contributed by atoms with Gasteiger partial charge in [-0.3, -0.25) is 14.7 Å². The molecule has 0 N–H and O–H groups in total. The van der Waals surface area contributed by atoms with E-state index in [-0.39, 0.29) is 5.97 Å². The number of nitrogens with zero attached hydrogens (tertiary/aromatic N) is 2. The Balaban J connectivity index is 1.95. The number of carbonyl (C=O) groups is 1. The summed E-state index contributed by atoms with van der Waals surface area (Å²) in [6, 6.07) is 4.53. The molecule has 4 heteroatoms. The second kappa shape index (κ2) is 6.50. The maximum atomic E-state index is 10.8. The highest BCUT2D eigenvalue weighted by molar-refractivity contribution is 5.65. The first-order valence-electron chi connectivity index (χ1n) is 6.54. The van der Waals surface area contributed by atoms with E-state index in [2.05, 4.69) is 16.0 Å². The van der Waals surface area contributed by atoms with Gasteiger partial charge in [0.05, 0.1) is 0 Å². The predicted octanol–water partition coefficient (Wildman–Crippen LogP) is 2.17. The van der Waals surface area contributed by atoms with Gasteiger partial charge in [0.25, 0.3) is 0 Å². The van der Waals surface area contributed by atoms with Crippen LogP contribution in [0, 0.1) is 0 Å². The minimum Gasteiger partial charge on any atom is -0.465 e. The molecule has 0 aromatic carbocycles. The van der Waals surface area contributed by atoms with E-state index in [0.717, 1.165) is 19.5 Å². The third-order valence-electron chi connectivity index (χ3n) is 3.37. The van der Waals surface area contributed by atoms with Gasteiger partial charge in [-0.15, -0.1) is 0 Å². The number of carbonyl (C=O) groups excluding carboxylic acids is 1. The number of aromatic nitrogens is 1. The van der Waals surface area contributed by atoms with Crippen molar-refractivity contribution in [3.8, 4) is 0 Å². The van der Waals surface area contributed by atoms with Gasteiger partial charge in [0.1, 0.15) is 6.61 Å². The van der Waals surface area contributed by atoms with Crippen molar-refractivity contribution in [2.75, 3.05) is 19.7 Å². The fourth-order valence-electron chi connectivity index (χ4n) is 2.52. The van der Waals surface area contributed by atoms with E-state index in [1.165, 1.54) is 25.3 Å². The van der Waals surface area contributed by atoms with Crippen molar-refractivity contribution in [3.63, 3.8) is 0 Å². The highest BCUT2D eigenvalue weighted by atomic mass is 16.5. The predicted molar refractivity (Wildman–Crippen MR) is 69.0 cm³/mol. The maximum absolute atomic E-state index is 10.8.